The van der Waals surface area contributed by atoms with Gasteiger partial charge in [-0.25, -0.2) is 15.0 Å². The van der Waals surface area contributed by atoms with Crippen molar-refractivity contribution in [1.29, 1.82) is 0 Å². The van der Waals surface area contributed by atoms with Crippen molar-refractivity contribution in [3.8, 4) is 0 Å². The molecule has 1 aliphatic heterocycles. The number of pyridine rings is 1. The SMILES string of the molecule is CCNC(=NCc1ccnc(N2CCN(CC)CC2)c1)NCc1ncnn1C. The molecule has 0 aromatic carbocycles. The molecular formula is C19H31N9. The van der Waals surface area contributed by atoms with Gasteiger partial charge in [-0.05, 0) is 31.2 Å². The van der Waals surface area contributed by atoms with Crippen LogP contribution in [-0.4, -0.2) is 69.9 Å². The summed E-state index contributed by atoms with van der Waals surface area (Å²) >= 11 is 0. The lowest BCUT2D eigenvalue weighted by Gasteiger charge is -2.34. The zero-order chi connectivity index (χ0) is 19.8. The Labute approximate surface area is 166 Å². The summed E-state index contributed by atoms with van der Waals surface area (Å²) in [7, 11) is 1.88. The number of aryl methyl sites for hydroxylation is 1. The van der Waals surface area contributed by atoms with Crippen LogP contribution in [0.1, 0.15) is 25.2 Å². The number of nitrogens with zero attached hydrogens (tertiary/aromatic N) is 7. The van der Waals surface area contributed by atoms with Crippen LogP contribution < -0.4 is 15.5 Å². The highest BCUT2D eigenvalue weighted by molar-refractivity contribution is 5.79. The monoisotopic (exact) mass is 385 g/mol. The Balaban J connectivity index is 1.60. The first kappa shape index (κ1) is 20.1. The van der Waals surface area contributed by atoms with Gasteiger partial charge in [0, 0.05) is 46.0 Å². The lowest BCUT2D eigenvalue weighted by atomic mass is 10.2. The number of likely N-dealkylation sites (N-methyl/N-ethyl adjacent to an activating group) is 1. The Bertz CT molecular complexity index is 762. The lowest BCUT2D eigenvalue weighted by Crippen LogP contribution is -2.46. The first-order valence-electron chi connectivity index (χ1n) is 9.96. The molecule has 152 valence electrons. The number of hydrogen-bond donors (Lipinski definition) is 2. The minimum atomic E-state index is 0.575. The fraction of sp³-hybridized carbons (Fsp3) is 0.579. The molecule has 2 aromatic heterocycles. The van der Waals surface area contributed by atoms with E-state index in [0.717, 1.165) is 62.4 Å². The van der Waals surface area contributed by atoms with E-state index in [1.807, 2.05) is 19.3 Å². The average Bonchev–Trinajstić information content (AvgIpc) is 3.15. The fourth-order valence-corrected chi connectivity index (χ4v) is 3.18. The van der Waals surface area contributed by atoms with Crippen LogP contribution in [-0.2, 0) is 20.1 Å². The predicted molar refractivity (Wildman–Crippen MR) is 111 cm³/mol. The van der Waals surface area contributed by atoms with E-state index >= 15 is 0 Å². The van der Waals surface area contributed by atoms with Crippen LogP contribution in [0.4, 0.5) is 5.82 Å². The maximum absolute atomic E-state index is 4.71. The molecular weight excluding hydrogens is 354 g/mol. The van der Waals surface area contributed by atoms with Gasteiger partial charge >= 0.3 is 0 Å². The van der Waals surface area contributed by atoms with Crippen molar-refractivity contribution < 1.29 is 0 Å². The van der Waals surface area contributed by atoms with E-state index in [-0.39, 0.29) is 0 Å². The van der Waals surface area contributed by atoms with Crippen molar-refractivity contribution in [3.63, 3.8) is 0 Å². The highest BCUT2D eigenvalue weighted by Gasteiger charge is 2.16. The van der Waals surface area contributed by atoms with Crippen LogP contribution in [0.25, 0.3) is 0 Å². The highest BCUT2D eigenvalue weighted by Crippen LogP contribution is 2.15. The van der Waals surface area contributed by atoms with Gasteiger partial charge in [0.2, 0.25) is 0 Å². The second kappa shape index (κ2) is 10.0. The Morgan fingerprint density at radius 1 is 1.14 bits per heavy atom. The first-order valence-corrected chi connectivity index (χ1v) is 9.96. The van der Waals surface area contributed by atoms with Gasteiger partial charge in [0.25, 0.3) is 0 Å². The minimum Gasteiger partial charge on any atom is -0.357 e. The highest BCUT2D eigenvalue weighted by atomic mass is 15.3. The molecule has 0 unspecified atom stereocenters. The van der Waals surface area contributed by atoms with E-state index in [4.69, 9.17) is 4.99 Å². The van der Waals surface area contributed by atoms with Gasteiger partial charge in [0.1, 0.15) is 18.0 Å². The molecule has 0 saturated carbocycles. The summed E-state index contributed by atoms with van der Waals surface area (Å²) in [6.45, 7) is 11.6. The Hall–Kier alpha value is -2.68. The Morgan fingerprint density at radius 3 is 2.64 bits per heavy atom. The minimum absolute atomic E-state index is 0.575. The standard InChI is InChI=1S/C19H31N9/c1-4-20-19(23-14-18-24-15-25-26(18)3)22-13-16-6-7-21-17(12-16)28-10-8-27(5-2)9-11-28/h6-7,12,15H,4-5,8-11,13-14H2,1-3H3,(H2,20,22,23). The van der Waals surface area contributed by atoms with Crippen LogP contribution in [0.2, 0.25) is 0 Å². The molecule has 0 atom stereocenters. The summed E-state index contributed by atoms with van der Waals surface area (Å²) in [5, 5.41) is 10.7. The largest absolute Gasteiger partial charge is 0.357 e. The third-order valence-corrected chi connectivity index (χ3v) is 4.94. The summed E-state index contributed by atoms with van der Waals surface area (Å²) in [4.78, 5) is 18.3. The van der Waals surface area contributed by atoms with E-state index < -0.39 is 0 Å². The number of rotatable bonds is 7. The average molecular weight is 386 g/mol. The van der Waals surface area contributed by atoms with E-state index in [0.29, 0.717) is 13.1 Å². The smallest absolute Gasteiger partial charge is 0.191 e. The van der Waals surface area contributed by atoms with Gasteiger partial charge in [-0.15, -0.1) is 0 Å². The van der Waals surface area contributed by atoms with Crippen molar-refractivity contribution in [3.05, 3.63) is 36.0 Å². The topological polar surface area (TPSA) is 86.5 Å². The van der Waals surface area contributed by atoms with Gasteiger partial charge in [0.15, 0.2) is 5.96 Å². The molecule has 3 rings (SSSR count). The summed E-state index contributed by atoms with van der Waals surface area (Å²) in [6, 6.07) is 4.18. The lowest BCUT2D eigenvalue weighted by molar-refractivity contribution is 0.270. The maximum atomic E-state index is 4.71. The Morgan fingerprint density at radius 2 is 1.96 bits per heavy atom. The van der Waals surface area contributed by atoms with Crippen LogP contribution >= 0.6 is 0 Å². The maximum Gasteiger partial charge on any atom is 0.191 e. The molecule has 28 heavy (non-hydrogen) atoms. The van der Waals surface area contributed by atoms with Crippen LogP contribution in [0.3, 0.4) is 0 Å². The van der Waals surface area contributed by atoms with Gasteiger partial charge in [-0.1, -0.05) is 6.92 Å². The molecule has 3 heterocycles. The number of hydrogen-bond acceptors (Lipinski definition) is 6. The summed E-state index contributed by atoms with van der Waals surface area (Å²) in [5.74, 6) is 2.67. The molecule has 2 N–H and O–H groups in total. The zero-order valence-corrected chi connectivity index (χ0v) is 17.1. The molecule has 0 aliphatic carbocycles. The second-order valence-corrected chi connectivity index (χ2v) is 6.79. The number of piperazine rings is 1. The van der Waals surface area contributed by atoms with Crippen molar-refractivity contribution in [2.45, 2.75) is 26.9 Å². The van der Waals surface area contributed by atoms with E-state index in [9.17, 15) is 0 Å². The molecule has 9 heteroatoms. The second-order valence-electron chi connectivity index (χ2n) is 6.79. The van der Waals surface area contributed by atoms with Gasteiger partial charge in [-0.2, -0.15) is 5.10 Å². The van der Waals surface area contributed by atoms with Gasteiger partial charge in [0.05, 0.1) is 13.1 Å². The number of nitrogens with one attached hydrogen (secondary N) is 2. The number of anilines is 1. The molecule has 0 bridgehead atoms. The number of guanidine groups is 1. The van der Waals surface area contributed by atoms with E-state index in [1.165, 1.54) is 0 Å². The number of aromatic nitrogens is 4. The molecule has 1 aliphatic rings. The molecule has 1 fully saturated rings. The van der Waals surface area contributed by atoms with Crippen molar-refractivity contribution >= 4 is 11.8 Å². The van der Waals surface area contributed by atoms with Crippen molar-refractivity contribution in [2.24, 2.45) is 12.0 Å². The van der Waals surface area contributed by atoms with Crippen molar-refractivity contribution in [1.82, 2.24) is 35.3 Å². The van der Waals surface area contributed by atoms with Crippen LogP contribution in [0.15, 0.2) is 29.6 Å². The fourth-order valence-electron chi connectivity index (χ4n) is 3.18. The summed E-state index contributed by atoms with van der Waals surface area (Å²) < 4.78 is 1.75. The third-order valence-electron chi connectivity index (χ3n) is 4.94. The zero-order valence-electron chi connectivity index (χ0n) is 17.1. The first-order chi connectivity index (χ1) is 13.7. The van der Waals surface area contributed by atoms with E-state index in [2.05, 4.69) is 55.4 Å². The van der Waals surface area contributed by atoms with E-state index in [1.54, 1.807) is 11.0 Å². The van der Waals surface area contributed by atoms with Gasteiger partial charge < -0.3 is 20.4 Å². The van der Waals surface area contributed by atoms with Crippen molar-refractivity contribution in [2.75, 3.05) is 44.2 Å². The van der Waals surface area contributed by atoms with Crippen LogP contribution in [0, 0.1) is 0 Å². The van der Waals surface area contributed by atoms with Gasteiger partial charge in [-0.3, -0.25) is 4.68 Å². The predicted octanol–water partition coefficient (Wildman–Crippen LogP) is 0.607. The summed E-state index contributed by atoms with van der Waals surface area (Å²) in [6.07, 6.45) is 3.44. The molecule has 0 spiro atoms. The molecule has 1 saturated heterocycles. The normalized spacial score (nSPS) is 15.7. The molecule has 9 nitrogen and oxygen atoms in total. The molecule has 0 radical (unpaired) electrons. The third kappa shape index (κ3) is 5.41. The number of aliphatic imine (C=N–C) groups is 1. The summed E-state index contributed by atoms with van der Waals surface area (Å²) in [5.41, 5.74) is 1.15. The molecule has 0 amide bonds. The Kier molecular flexibility index (Phi) is 7.18. The molecule has 2 aromatic rings. The van der Waals surface area contributed by atoms with Crippen LogP contribution in [0.5, 0.6) is 0 Å². The quantitative estimate of drug-likeness (QED) is 0.533.